The van der Waals surface area contributed by atoms with Crippen LogP contribution in [-0.4, -0.2) is 28.2 Å². The molecule has 4 rings (SSSR count). The van der Waals surface area contributed by atoms with E-state index in [1.54, 1.807) is 17.1 Å². The molecule has 1 spiro atoms. The average Bonchev–Trinajstić information content (AvgIpc) is 3.06. The number of nitrogens with zero attached hydrogens (tertiary/aromatic N) is 3. The van der Waals surface area contributed by atoms with E-state index in [0.717, 1.165) is 44.2 Å². The number of hydrazone groups is 1. The van der Waals surface area contributed by atoms with Crippen LogP contribution >= 0.6 is 11.6 Å². The first-order chi connectivity index (χ1) is 15.0. The quantitative estimate of drug-likeness (QED) is 0.716. The molecule has 0 atom stereocenters. The normalized spacial score (nSPS) is 18.3. The standard InChI is InChI=1S/C24H27ClN4O2/c1-18(30)22-26-28(21-14-12-20(25)13-15-21)24(16-8-3-2-4-9-17-24)29(22)27-23(31)19-10-6-5-7-11-19/h5-7,10-15H,2-4,8-9,16-17H2,1H3,(H,27,31). The van der Waals surface area contributed by atoms with E-state index in [1.807, 2.05) is 47.5 Å². The molecule has 162 valence electrons. The number of carbonyl (C=O) groups excluding carboxylic acids is 2. The van der Waals surface area contributed by atoms with Crippen molar-refractivity contribution in [2.24, 2.45) is 5.10 Å². The Labute approximate surface area is 187 Å². The van der Waals surface area contributed by atoms with Gasteiger partial charge in [0.15, 0.2) is 11.4 Å². The van der Waals surface area contributed by atoms with Crippen molar-refractivity contribution in [3.05, 3.63) is 65.2 Å². The van der Waals surface area contributed by atoms with Crippen molar-refractivity contribution >= 4 is 34.8 Å². The molecule has 0 saturated heterocycles. The van der Waals surface area contributed by atoms with Crippen LogP contribution in [-0.2, 0) is 4.79 Å². The first kappa shape index (κ1) is 21.4. The molecule has 2 aliphatic rings. The summed E-state index contributed by atoms with van der Waals surface area (Å²) in [6, 6.07) is 16.5. The Kier molecular flexibility index (Phi) is 6.28. The monoisotopic (exact) mass is 438 g/mol. The van der Waals surface area contributed by atoms with Gasteiger partial charge in [0.25, 0.3) is 5.91 Å². The third kappa shape index (κ3) is 4.30. The Bertz CT molecular complexity index is 967. The molecule has 1 amide bonds. The van der Waals surface area contributed by atoms with Gasteiger partial charge in [-0.2, -0.15) is 0 Å². The van der Waals surface area contributed by atoms with Crippen molar-refractivity contribution in [3.8, 4) is 0 Å². The Morgan fingerprint density at radius 3 is 2.16 bits per heavy atom. The topological polar surface area (TPSA) is 65.0 Å². The number of anilines is 1. The molecule has 1 saturated carbocycles. The van der Waals surface area contributed by atoms with Crippen LogP contribution in [0.1, 0.15) is 62.2 Å². The number of ketones is 1. The molecule has 0 bridgehead atoms. The molecule has 1 aliphatic heterocycles. The summed E-state index contributed by atoms with van der Waals surface area (Å²) in [7, 11) is 0. The van der Waals surface area contributed by atoms with E-state index in [9.17, 15) is 9.59 Å². The Hall–Kier alpha value is -2.86. The van der Waals surface area contributed by atoms with Crippen molar-refractivity contribution in [1.29, 1.82) is 0 Å². The van der Waals surface area contributed by atoms with Gasteiger partial charge in [0.2, 0.25) is 5.84 Å². The van der Waals surface area contributed by atoms with Crippen LogP contribution in [0.4, 0.5) is 5.69 Å². The highest BCUT2D eigenvalue weighted by Crippen LogP contribution is 2.41. The van der Waals surface area contributed by atoms with Gasteiger partial charge in [-0.05, 0) is 62.1 Å². The van der Waals surface area contributed by atoms with Gasteiger partial charge in [-0.15, -0.1) is 5.10 Å². The minimum atomic E-state index is -0.639. The fourth-order valence-electron chi connectivity index (χ4n) is 4.45. The molecule has 1 fully saturated rings. The maximum atomic E-state index is 13.1. The van der Waals surface area contributed by atoms with Crippen LogP contribution in [0.25, 0.3) is 0 Å². The highest BCUT2D eigenvalue weighted by molar-refractivity contribution is 6.39. The second-order valence-electron chi connectivity index (χ2n) is 8.16. The van der Waals surface area contributed by atoms with Crippen LogP contribution in [0.5, 0.6) is 0 Å². The van der Waals surface area contributed by atoms with Crippen molar-refractivity contribution in [3.63, 3.8) is 0 Å². The van der Waals surface area contributed by atoms with Gasteiger partial charge >= 0.3 is 0 Å². The smallest absolute Gasteiger partial charge is 0.269 e. The van der Waals surface area contributed by atoms with E-state index in [0.29, 0.717) is 10.6 Å². The van der Waals surface area contributed by atoms with Gasteiger partial charge < -0.3 is 0 Å². The predicted octanol–water partition coefficient (Wildman–Crippen LogP) is 5.15. The van der Waals surface area contributed by atoms with Crippen LogP contribution < -0.4 is 10.4 Å². The lowest BCUT2D eigenvalue weighted by molar-refractivity contribution is -0.112. The van der Waals surface area contributed by atoms with Crippen molar-refractivity contribution in [2.45, 2.75) is 57.5 Å². The second kappa shape index (κ2) is 9.10. The number of rotatable bonds is 4. The average molecular weight is 439 g/mol. The zero-order chi connectivity index (χ0) is 21.8. The van der Waals surface area contributed by atoms with E-state index in [1.165, 1.54) is 13.3 Å². The van der Waals surface area contributed by atoms with E-state index < -0.39 is 5.66 Å². The van der Waals surface area contributed by atoms with Gasteiger partial charge in [-0.3, -0.25) is 15.0 Å². The predicted molar refractivity (Wildman–Crippen MR) is 123 cm³/mol. The number of hydrogen-bond donors (Lipinski definition) is 1. The highest BCUT2D eigenvalue weighted by Gasteiger charge is 2.51. The highest BCUT2D eigenvalue weighted by atomic mass is 35.5. The lowest BCUT2D eigenvalue weighted by Crippen LogP contribution is -2.63. The number of hydrazine groups is 1. The molecule has 2 aromatic carbocycles. The number of amidine groups is 1. The summed E-state index contributed by atoms with van der Waals surface area (Å²) < 4.78 is 0. The summed E-state index contributed by atoms with van der Waals surface area (Å²) in [5, 5.41) is 9.01. The summed E-state index contributed by atoms with van der Waals surface area (Å²) in [6.45, 7) is 1.49. The number of amides is 1. The molecular formula is C24H27ClN4O2. The van der Waals surface area contributed by atoms with Crippen LogP contribution in [0.15, 0.2) is 59.7 Å². The van der Waals surface area contributed by atoms with E-state index in [-0.39, 0.29) is 17.5 Å². The molecule has 0 radical (unpaired) electrons. The minimum Gasteiger partial charge on any atom is -0.291 e. The van der Waals surface area contributed by atoms with Gasteiger partial charge in [0, 0.05) is 17.5 Å². The minimum absolute atomic E-state index is 0.189. The summed E-state index contributed by atoms with van der Waals surface area (Å²) in [5.74, 6) is -0.194. The first-order valence-electron chi connectivity index (χ1n) is 10.8. The molecule has 1 N–H and O–H groups in total. The van der Waals surface area contributed by atoms with E-state index in [4.69, 9.17) is 16.7 Å². The SMILES string of the molecule is CC(=O)C1=NN(c2ccc(Cl)cc2)C2(CCCCCCC2)N1NC(=O)c1ccccc1. The van der Waals surface area contributed by atoms with Crippen molar-refractivity contribution in [2.75, 3.05) is 5.01 Å². The number of nitrogens with one attached hydrogen (secondary N) is 1. The molecule has 6 nitrogen and oxygen atoms in total. The molecule has 7 heteroatoms. The number of hydrogen-bond acceptors (Lipinski definition) is 5. The summed E-state index contributed by atoms with van der Waals surface area (Å²) in [6.07, 6.45) is 6.98. The third-order valence-corrected chi connectivity index (χ3v) is 6.26. The van der Waals surface area contributed by atoms with Gasteiger partial charge in [0.05, 0.1) is 5.69 Å². The molecule has 1 aliphatic carbocycles. The molecule has 2 aromatic rings. The van der Waals surface area contributed by atoms with Crippen LogP contribution in [0.2, 0.25) is 5.02 Å². The summed E-state index contributed by atoms with van der Waals surface area (Å²) >= 11 is 6.11. The largest absolute Gasteiger partial charge is 0.291 e. The zero-order valence-electron chi connectivity index (χ0n) is 17.7. The Morgan fingerprint density at radius 1 is 0.935 bits per heavy atom. The molecule has 0 unspecified atom stereocenters. The number of Topliss-reactive ketones (excluding diaryl/α,β-unsaturated/α-hetero) is 1. The van der Waals surface area contributed by atoms with Crippen LogP contribution in [0.3, 0.4) is 0 Å². The van der Waals surface area contributed by atoms with E-state index >= 15 is 0 Å². The number of halogens is 1. The lowest BCUT2D eigenvalue weighted by Gasteiger charge is -2.45. The first-order valence-corrected chi connectivity index (χ1v) is 11.2. The zero-order valence-corrected chi connectivity index (χ0v) is 18.4. The molecular weight excluding hydrogens is 412 g/mol. The molecule has 1 heterocycles. The van der Waals surface area contributed by atoms with Gasteiger partial charge in [0.1, 0.15) is 0 Å². The maximum Gasteiger partial charge on any atom is 0.269 e. The fraction of sp³-hybridized carbons (Fsp3) is 0.375. The van der Waals surface area contributed by atoms with Crippen molar-refractivity contribution in [1.82, 2.24) is 10.4 Å². The number of carbonyl (C=O) groups is 2. The Morgan fingerprint density at radius 2 is 1.55 bits per heavy atom. The van der Waals surface area contributed by atoms with Crippen LogP contribution in [0, 0.1) is 0 Å². The van der Waals surface area contributed by atoms with E-state index in [2.05, 4.69) is 5.43 Å². The fourth-order valence-corrected chi connectivity index (χ4v) is 4.58. The molecule has 31 heavy (non-hydrogen) atoms. The lowest BCUT2D eigenvalue weighted by atomic mass is 9.89. The second-order valence-corrected chi connectivity index (χ2v) is 8.60. The van der Waals surface area contributed by atoms with Gasteiger partial charge in [-0.1, -0.05) is 49.1 Å². The maximum absolute atomic E-state index is 13.1. The van der Waals surface area contributed by atoms with Gasteiger partial charge in [-0.25, -0.2) is 10.0 Å². The Balaban J connectivity index is 1.77. The summed E-state index contributed by atoms with van der Waals surface area (Å²) in [4.78, 5) is 25.7. The van der Waals surface area contributed by atoms with Crippen molar-refractivity contribution < 1.29 is 9.59 Å². The summed E-state index contributed by atoms with van der Waals surface area (Å²) in [5.41, 5.74) is 3.77. The third-order valence-electron chi connectivity index (χ3n) is 6.01. The number of benzene rings is 2. The molecule has 0 aromatic heterocycles.